The molecule has 4 aromatic rings. The third kappa shape index (κ3) is 4.89. The maximum absolute atomic E-state index is 13.5. The van der Waals surface area contributed by atoms with Crippen molar-refractivity contribution < 1.29 is 28.6 Å². The van der Waals surface area contributed by atoms with Crippen molar-refractivity contribution in [2.45, 2.75) is 16.1 Å². The summed E-state index contributed by atoms with van der Waals surface area (Å²) in [6.45, 7) is 0. The molecule has 12 heteroatoms. The van der Waals surface area contributed by atoms with Crippen molar-refractivity contribution in [3.8, 4) is 11.5 Å². The summed E-state index contributed by atoms with van der Waals surface area (Å²) in [7, 11) is 2.99. The molecule has 1 unspecified atom stereocenters. The van der Waals surface area contributed by atoms with Crippen molar-refractivity contribution in [3.05, 3.63) is 93.1 Å². The van der Waals surface area contributed by atoms with E-state index >= 15 is 0 Å². The second kappa shape index (κ2) is 10.9. The number of thiophene rings is 1. The lowest BCUT2D eigenvalue weighted by Gasteiger charge is -2.24. The topological polar surface area (TPSA) is 102 Å². The Hall–Kier alpha value is -3.74. The van der Waals surface area contributed by atoms with Crippen LogP contribution in [-0.4, -0.2) is 41.2 Å². The number of amides is 1. The van der Waals surface area contributed by atoms with E-state index in [4.69, 9.17) is 9.47 Å². The number of ketones is 1. The van der Waals surface area contributed by atoms with Gasteiger partial charge in [-0.1, -0.05) is 47.4 Å². The van der Waals surface area contributed by atoms with Crippen molar-refractivity contribution in [1.82, 2.24) is 10.2 Å². The van der Waals surface area contributed by atoms with Gasteiger partial charge in [0.1, 0.15) is 5.82 Å². The number of ether oxygens (including phenoxy) is 2. The van der Waals surface area contributed by atoms with Crippen LogP contribution in [0.2, 0.25) is 0 Å². The lowest BCUT2D eigenvalue weighted by molar-refractivity contribution is -0.117. The fourth-order valence-electron chi connectivity index (χ4n) is 4.00. The molecule has 8 nitrogen and oxygen atoms in total. The van der Waals surface area contributed by atoms with E-state index in [1.165, 1.54) is 54.4 Å². The number of benzene rings is 2. The second-order valence-corrected chi connectivity index (χ2v) is 11.2. The van der Waals surface area contributed by atoms with E-state index in [0.29, 0.717) is 32.0 Å². The Kier molecular flexibility index (Phi) is 7.45. The lowest BCUT2D eigenvalue weighted by atomic mass is 9.95. The van der Waals surface area contributed by atoms with Gasteiger partial charge in [0, 0.05) is 5.75 Å². The Morgan fingerprint density at radius 2 is 1.87 bits per heavy atom. The van der Waals surface area contributed by atoms with Crippen LogP contribution >= 0.6 is 34.4 Å². The number of halogens is 1. The van der Waals surface area contributed by atoms with E-state index < -0.39 is 23.5 Å². The Morgan fingerprint density at radius 1 is 1.11 bits per heavy atom. The van der Waals surface area contributed by atoms with Crippen LogP contribution in [0, 0.1) is 5.82 Å². The predicted octanol–water partition coefficient (Wildman–Crippen LogP) is 5.83. The maximum atomic E-state index is 13.5. The molecule has 38 heavy (non-hydrogen) atoms. The second-order valence-electron chi connectivity index (χ2n) is 8.03. The van der Waals surface area contributed by atoms with Crippen LogP contribution in [0.4, 0.5) is 9.52 Å². The summed E-state index contributed by atoms with van der Waals surface area (Å²) in [5.41, 5.74) is 1.37. The molecule has 2 aromatic carbocycles. The number of aliphatic hydroxyl groups is 1. The molecule has 3 heterocycles. The summed E-state index contributed by atoms with van der Waals surface area (Å²) in [6, 6.07) is 13.6. The molecule has 1 N–H and O–H groups in total. The van der Waals surface area contributed by atoms with Crippen LogP contribution in [0.1, 0.15) is 26.8 Å². The zero-order valence-electron chi connectivity index (χ0n) is 20.1. The summed E-state index contributed by atoms with van der Waals surface area (Å²) in [6.07, 6.45) is 0. The Labute approximate surface area is 229 Å². The summed E-state index contributed by atoms with van der Waals surface area (Å²) >= 11 is 3.75. The number of hydrogen-bond acceptors (Lipinski definition) is 10. The van der Waals surface area contributed by atoms with E-state index in [9.17, 15) is 19.1 Å². The molecule has 0 bridgehead atoms. The molecule has 0 aliphatic carbocycles. The van der Waals surface area contributed by atoms with Crippen LogP contribution < -0.4 is 14.4 Å². The van der Waals surface area contributed by atoms with Gasteiger partial charge >= 0.3 is 0 Å². The predicted molar refractivity (Wildman–Crippen MR) is 144 cm³/mol. The SMILES string of the molecule is COc1ccc(C2C(C(=O)c3cccs3)=C(O)C(=O)N2c2nnc(SCc3ccc(F)cc3)s2)cc1OC. The molecular weight excluding hydrogens is 550 g/mol. The number of rotatable bonds is 9. The van der Waals surface area contributed by atoms with Gasteiger partial charge in [0.2, 0.25) is 10.9 Å². The first-order valence-corrected chi connectivity index (χ1v) is 13.9. The first-order valence-electron chi connectivity index (χ1n) is 11.2. The molecule has 194 valence electrons. The monoisotopic (exact) mass is 569 g/mol. The molecular formula is C26H20FN3O5S3. The van der Waals surface area contributed by atoms with Gasteiger partial charge in [-0.05, 0) is 46.8 Å². The van der Waals surface area contributed by atoms with Gasteiger partial charge in [-0.25, -0.2) is 4.39 Å². The highest BCUT2D eigenvalue weighted by molar-refractivity contribution is 8.00. The first kappa shape index (κ1) is 25.9. The summed E-state index contributed by atoms with van der Waals surface area (Å²) in [4.78, 5) is 28.5. The number of hydrogen-bond donors (Lipinski definition) is 1. The van der Waals surface area contributed by atoms with E-state index in [-0.39, 0.29) is 16.5 Å². The molecule has 1 aliphatic rings. The highest BCUT2D eigenvalue weighted by Crippen LogP contribution is 2.45. The van der Waals surface area contributed by atoms with Crippen LogP contribution in [-0.2, 0) is 10.5 Å². The molecule has 1 atom stereocenters. The Balaban J connectivity index is 1.52. The molecule has 0 radical (unpaired) electrons. The van der Waals surface area contributed by atoms with E-state index in [1.54, 1.807) is 47.8 Å². The van der Waals surface area contributed by atoms with E-state index in [0.717, 1.165) is 16.9 Å². The summed E-state index contributed by atoms with van der Waals surface area (Å²) < 4.78 is 24.6. The Bertz CT molecular complexity index is 1520. The van der Waals surface area contributed by atoms with Crippen LogP contribution in [0.3, 0.4) is 0 Å². The molecule has 0 saturated heterocycles. The molecule has 0 spiro atoms. The number of thioether (sulfide) groups is 1. The average molecular weight is 570 g/mol. The number of aliphatic hydroxyl groups excluding tert-OH is 1. The van der Waals surface area contributed by atoms with Gasteiger partial charge in [-0.2, -0.15) is 0 Å². The standard InChI is InChI=1S/C26H20FN3O5S3/c1-34-17-10-7-15(12-18(17)35-2)21-20(22(31)19-4-3-11-36-19)23(32)24(33)30(21)25-28-29-26(38-25)37-13-14-5-8-16(27)9-6-14/h3-12,21,32H,13H2,1-2H3. The molecule has 1 amide bonds. The zero-order valence-corrected chi connectivity index (χ0v) is 22.5. The quantitative estimate of drug-likeness (QED) is 0.153. The number of aromatic nitrogens is 2. The fraction of sp³-hybridized carbons (Fsp3) is 0.154. The fourth-order valence-corrected chi connectivity index (χ4v) is 6.50. The number of nitrogens with zero attached hydrogens (tertiary/aromatic N) is 3. The van der Waals surface area contributed by atoms with E-state index in [1.807, 2.05) is 0 Å². The van der Waals surface area contributed by atoms with Crippen LogP contribution in [0.15, 0.2) is 75.6 Å². The summed E-state index contributed by atoms with van der Waals surface area (Å²) in [5, 5.41) is 21.3. The van der Waals surface area contributed by atoms with Gasteiger partial charge in [0.25, 0.3) is 5.91 Å². The number of carbonyl (C=O) groups is 2. The average Bonchev–Trinajstić information content (AvgIpc) is 3.68. The molecule has 0 fully saturated rings. The minimum atomic E-state index is -0.972. The maximum Gasteiger partial charge on any atom is 0.296 e. The highest BCUT2D eigenvalue weighted by atomic mass is 32.2. The van der Waals surface area contributed by atoms with Crippen molar-refractivity contribution in [1.29, 1.82) is 0 Å². The van der Waals surface area contributed by atoms with Gasteiger partial charge in [-0.15, -0.1) is 21.5 Å². The van der Waals surface area contributed by atoms with Gasteiger partial charge < -0.3 is 14.6 Å². The third-order valence-corrected chi connectivity index (χ3v) is 8.79. The molecule has 5 rings (SSSR count). The van der Waals surface area contributed by atoms with Gasteiger partial charge in [0.05, 0.1) is 30.7 Å². The van der Waals surface area contributed by atoms with E-state index in [2.05, 4.69) is 10.2 Å². The van der Waals surface area contributed by atoms with Crippen LogP contribution in [0.5, 0.6) is 11.5 Å². The van der Waals surface area contributed by atoms with Crippen molar-refractivity contribution in [2.75, 3.05) is 19.1 Å². The van der Waals surface area contributed by atoms with Crippen molar-refractivity contribution in [3.63, 3.8) is 0 Å². The molecule has 1 aliphatic heterocycles. The first-order chi connectivity index (χ1) is 18.4. The summed E-state index contributed by atoms with van der Waals surface area (Å²) in [5.74, 6) is -0.765. The Morgan fingerprint density at radius 3 is 2.55 bits per heavy atom. The number of methoxy groups -OCH3 is 2. The minimum Gasteiger partial charge on any atom is -0.503 e. The minimum absolute atomic E-state index is 0.0552. The van der Waals surface area contributed by atoms with Gasteiger partial charge in [-0.3, -0.25) is 14.5 Å². The normalized spacial score (nSPS) is 15.3. The highest BCUT2D eigenvalue weighted by Gasteiger charge is 2.46. The smallest absolute Gasteiger partial charge is 0.296 e. The zero-order chi connectivity index (χ0) is 26.8. The number of anilines is 1. The van der Waals surface area contributed by atoms with Gasteiger partial charge in [0.15, 0.2) is 21.6 Å². The van der Waals surface area contributed by atoms with Crippen LogP contribution in [0.25, 0.3) is 0 Å². The number of Topliss-reactive ketones (excluding diaryl/α,β-unsaturated/α-hetero) is 1. The largest absolute Gasteiger partial charge is 0.503 e. The molecule has 2 aromatic heterocycles. The van der Waals surface area contributed by atoms with Crippen molar-refractivity contribution >= 4 is 51.3 Å². The molecule has 0 saturated carbocycles. The third-order valence-electron chi connectivity index (χ3n) is 5.80. The number of carbonyl (C=O) groups excluding carboxylic acids is 2. The lowest BCUT2D eigenvalue weighted by Crippen LogP contribution is -2.31. The van der Waals surface area contributed by atoms with Crippen molar-refractivity contribution in [2.24, 2.45) is 0 Å².